The molecule has 33 heavy (non-hydrogen) atoms. The quantitative estimate of drug-likeness (QED) is 0.414. The number of oxazole rings is 1. The Morgan fingerprint density at radius 1 is 1.03 bits per heavy atom. The van der Waals surface area contributed by atoms with E-state index in [-0.39, 0.29) is 30.6 Å². The maximum atomic E-state index is 13.0. The topological polar surface area (TPSA) is 111 Å². The number of carbonyl (C=O) groups is 3. The average molecular weight is 451 g/mol. The van der Waals surface area contributed by atoms with E-state index in [1.807, 2.05) is 12.1 Å². The molecule has 0 unspecified atom stereocenters. The van der Waals surface area contributed by atoms with Gasteiger partial charge in [0.2, 0.25) is 11.7 Å². The molecule has 172 valence electrons. The van der Waals surface area contributed by atoms with Crippen LogP contribution in [0.1, 0.15) is 35.1 Å². The molecule has 4 rings (SSSR count). The lowest BCUT2D eigenvalue weighted by molar-refractivity contribution is -0.137. The Balaban J connectivity index is 1.29. The lowest BCUT2D eigenvalue weighted by Gasteiger charge is -2.30. The van der Waals surface area contributed by atoms with Gasteiger partial charge >= 0.3 is 6.09 Å². The van der Waals surface area contributed by atoms with E-state index in [1.54, 1.807) is 47.4 Å². The van der Waals surface area contributed by atoms with Crippen molar-refractivity contribution in [1.82, 2.24) is 15.2 Å². The Hall–Kier alpha value is -3.72. The monoisotopic (exact) mass is 451 g/mol. The number of ether oxygens (including phenoxy) is 2. The zero-order chi connectivity index (χ0) is 23.0. The van der Waals surface area contributed by atoms with E-state index >= 15 is 0 Å². The first-order chi connectivity index (χ1) is 16.1. The van der Waals surface area contributed by atoms with Gasteiger partial charge in [0.15, 0.2) is 5.58 Å². The molecular formula is C24H25N3O6. The van der Waals surface area contributed by atoms with Gasteiger partial charge in [-0.2, -0.15) is 0 Å². The minimum absolute atomic E-state index is 0.0189. The van der Waals surface area contributed by atoms with E-state index in [0.717, 1.165) is 0 Å². The Morgan fingerprint density at radius 2 is 1.76 bits per heavy atom. The summed E-state index contributed by atoms with van der Waals surface area (Å²) in [5, 5.41) is 2.66. The van der Waals surface area contributed by atoms with Gasteiger partial charge in [0, 0.05) is 19.5 Å². The molecule has 1 saturated heterocycles. The van der Waals surface area contributed by atoms with Crippen LogP contribution in [0.15, 0.2) is 59.0 Å². The fourth-order valence-corrected chi connectivity index (χ4v) is 3.55. The number of Topliss-reactive ketones (excluding diaryl/α,β-unsaturated/α-hetero) is 1. The van der Waals surface area contributed by atoms with Crippen molar-refractivity contribution in [1.29, 1.82) is 0 Å². The smallest absolute Gasteiger partial charge is 0.408 e. The molecule has 0 radical (unpaired) electrons. The second-order valence-electron chi connectivity index (χ2n) is 7.58. The van der Waals surface area contributed by atoms with E-state index in [2.05, 4.69) is 10.3 Å². The maximum absolute atomic E-state index is 13.0. The van der Waals surface area contributed by atoms with Crippen molar-refractivity contribution >= 4 is 28.9 Å². The zero-order valence-corrected chi connectivity index (χ0v) is 18.1. The van der Waals surface area contributed by atoms with Gasteiger partial charge in [0.05, 0.1) is 19.8 Å². The van der Waals surface area contributed by atoms with Crippen molar-refractivity contribution < 1.29 is 28.3 Å². The van der Waals surface area contributed by atoms with E-state index in [4.69, 9.17) is 13.9 Å². The van der Waals surface area contributed by atoms with Crippen molar-refractivity contribution in [3.63, 3.8) is 0 Å². The SMILES string of the molecule is O=C(N[C@H](C(=O)N1CCOCC1)c1ccccc1)OCCCC(=O)c1nc2ccccc2o1. The number of alkyl carbamates (subject to hydrolysis) is 1. The van der Waals surface area contributed by atoms with Crippen LogP contribution in [-0.4, -0.2) is 60.6 Å². The third-order valence-electron chi connectivity index (χ3n) is 5.28. The molecule has 2 heterocycles. The summed E-state index contributed by atoms with van der Waals surface area (Å²) in [6, 6.07) is 15.3. The molecule has 3 aromatic rings. The number of amides is 2. The molecule has 1 aliphatic rings. The van der Waals surface area contributed by atoms with Crippen LogP contribution in [-0.2, 0) is 14.3 Å². The van der Waals surface area contributed by atoms with Crippen molar-refractivity contribution in [2.75, 3.05) is 32.9 Å². The predicted molar refractivity (Wildman–Crippen MR) is 119 cm³/mol. The number of aromatic nitrogens is 1. The summed E-state index contributed by atoms with van der Waals surface area (Å²) < 4.78 is 16.0. The Kier molecular flexibility index (Phi) is 7.31. The number of hydrogen-bond acceptors (Lipinski definition) is 7. The molecule has 0 aliphatic carbocycles. The van der Waals surface area contributed by atoms with Gasteiger partial charge in [-0.3, -0.25) is 9.59 Å². The molecule has 2 amide bonds. The molecule has 0 spiro atoms. The predicted octanol–water partition coefficient (Wildman–Crippen LogP) is 3.12. The summed E-state index contributed by atoms with van der Waals surface area (Å²) in [7, 11) is 0. The van der Waals surface area contributed by atoms with Crippen molar-refractivity contribution in [3.05, 3.63) is 66.1 Å². The number of nitrogens with one attached hydrogen (secondary N) is 1. The van der Waals surface area contributed by atoms with E-state index in [9.17, 15) is 14.4 Å². The largest absolute Gasteiger partial charge is 0.450 e. The molecular weight excluding hydrogens is 426 g/mol. The van der Waals surface area contributed by atoms with Gasteiger partial charge in [-0.1, -0.05) is 42.5 Å². The number of ketones is 1. The van der Waals surface area contributed by atoms with Crippen LogP contribution in [0.5, 0.6) is 0 Å². The lowest BCUT2D eigenvalue weighted by Crippen LogP contribution is -2.47. The van der Waals surface area contributed by atoms with Gasteiger partial charge in [0.1, 0.15) is 11.6 Å². The summed E-state index contributed by atoms with van der Waals surface area (Å²) in [4.78, 5) is 43.6. The second kappa shape index (κ2) is 10.7. The highest BCUT2D eigenvalue weighted by molar-refractivity contribution is 5.94. The molecule has 0 bridgehead atoms. The summed E-state index contributed by atoms with van der Waals surface area (Å²) in [5.41, 5.74) is 1.83. The number of nitrogens with zero attached hydrogens (tertiary/aromatic N) is 2. The third-order valence-corrected chi connectivity index (χ3v) is 5.28. The van der Waals surface area contributed by atoms with Gasteiger partial charge in [0.25, 0.3) is 5.89 Å². The molecule has 9 nitrogen and oxygen atoms in total. The first-order valence-corrected chi connectivity index (χ1v) is 10.9. The van der Waals surface area contributed by atoms with Crippen molar-refractivity contribution in [2.45, 2.75) is 18.9 Å². The standard InChI is InChI=1S/C24H25N3O6/c28-19(22-25-18-9-4-5-11-20(18)33-22)10-6-14-32-24(30)26-21(17-7-2-1-3-8-17)23(29)27-12-15-31-16-13-27/h1-5,7-9,11,21H,6,10,12-16H2,(H,26,30)/t21-/m0/s1. The molecule has 2 aromatic carbocycles. The third kappa shape index (κ3) is 5.75. The highest BCUT2D eigenvalue weighted by atomic mass is 16.5. The summed E-state index contributed by atoms with van der Waals surface area (Å²) in [6.45, 7) is 1.89. The normalized spacial score (nSPS) is 14.6. The lowest BCUT2D eigenvalue weighted by atomic mass is 10.1. The number of para-hydroxylation sites is 2. The minimum Gasteiger partial charge on any atom is -0.450 e. The fourth-order valence-electron chi connectivity index (χ4n) is 3.55. The highest BCUT2D eigenvalue weighted by Crippen LogP contribution is 2.18. The molecule has 1 atom stereocenters. The molecule has 1 aromatic heterocycles. The first-order valence-electron chi connectivity index (χ1n) is 10.9. The van der Waals surface area contributed by atoms with Crippen LogP contribution in [0.4, 0.5) is 4.79 Å². The molecule has 1 fully saturated rings. The molecule has 1 N–H and O–H groups in total. The first kappa shape index (κ1) is 22.5. The van der Waals surface area contributed by atoms with E-state index in [0.29, 0.717) is 49.4 Å². The Labute approximate surface area is 190 Å². The number of rotatable bonds is 8. The van der Waals surface area contributed by atoms with E-state index in [1.165, 1.54) is 0 Å². The second-order valence-corrected chi connectivity index (χ2v) is 7.58. The van der Waals surface area contributed by atoms with Crippen LogP contribution in [0.3, 0.4) is 0 Å². The van der Waals surface area contributed by atoms with Gasteiger partial charge in [-0.25, -0.2) is 9.78 Å². The number of benzene rings is 2. The van der Waals surface area contributed by atoms with Crippen LogP contribution in [0.25, 0.3) is 11.1 Å². The highest BCUT2D eigenvalue weighted by Gasteiger charge is 2.29. The van der Waals surface area contributed by atoms with Crippen LogP contribution >= 0.6 is 0 Å². The fraction of sp³-hybridized carbons (Fsp3) is 0.333. The summed E-state index contributed by atoms with van der Waals surface area (Å²) >= 11 is 0. The summed E-state index contributed by atoms with van der Waals surface area (Å²) in [6.07, 6.45) is -0.299. The van der Waals surface area contributed by atoms with Crippen molar-refractivity contribution in [3.8, 4) is 0 Å². The minimum atomic E-state index is -0.863. The average Bonchev–Trinajstić information content (AvgIpc) is 3.30. The molecule has 0 saturated carbocycles. The van der Waals surface area contributed by atoms with Crippen LogP contribution < -0.4 is 5.32 Å². The molecule has 9 heteroatoms. The Morgan fingerprint density at radius 3 is 2.52 bits per heavy atom. The summed E-state index contributed by atoms with van der Waals surface area (Å²) in [5.74, 6) is -0.437. The van der Waals surface area contributed by atoms with Crippen LogP contribution in [0, 0.1) is 0 Å². The van der Waals surface area contributed by atoms with Gasteiger partial charge in [-0.05, 0) is 24.1 Å². The zero-order valence-electron chi connectivity index (χ0n) is 18.1. The van der Waals surface area contributed by atoms with Crippen molar-refractivity contribution in [2.24, 2.45) is 0 Å². The van der Waals surface area contributed by atoms with Gasteiger partial charge in [-0.15, -0.1) is 0 Å². The maximum Gasteiger partial charge on any atom is 0.408 e. The number of carbonyl (C=O) groups excluding carboxylic acids is 3. The van der Waals surface area contributed by atoms with E-state index < -0.39 is 12.1 Å². The van der Waals surface area contributed by atoms with Crippen LogP contribution in [0.2, 0.25) is 0 Å². The number of fused-ring (bicyclic) bond motifs is 1. The Bertz CT molecular complexity index is 1070. The van der Waals surface area contributed by atoms with Gasteiger partial charge < -0.3 is 24.1 Å². The number of hydrogen-bond donors (Lipinski definition) is 1. The number of morpholine rings is 1. The molecule has 1 aliphatic heterocycles.